The lowest BCUT2D eigenvalue weighted by atomic mass is 9.97. The van der Waals surface area contributed by atoms with Crippen molar-refractivity contribution in [2.45, 2.75) is 20.8 Å². The minimum absolute atomic E-state index is 0.495. The summed E-state index contributed by atoms with van der Waals surface area (Å²) in [5.41, 5.74) is 15.6. The van der Waals surface area contributed by atoms with Gasteiger partial charge in [-0.3, -0.25) is 4.57 Å². The van der Waals surface area contributed by atoms with Crippen molar-refractivity contribution >= 4 is 77.8 Å². The summed E-state index contributed by atoms with van der Waals surface area (Å²) in [6, 6.07) is 61.6. The lowest BCUT2D eigenvalue weighted by Crippen LogP contribution is -2.06. The lowest BCUT2D eigenvalue weighted by molar-refractivity contribution is 0.578. The highest BCUT2D eigenvalue weighted by atomic mass is 16.3. The molecule has 0 aliphatic rings. The minimum atomic E-state index is 0.495. The van der Waals surface area contributed by atoms with Gasteiger partial charge in [-0.2, -0.15) is 9.97 Å². The van der Waals surface area contributed by atoms with E-state index in [2.05, 4.69) is 162 Å². The quantitative estimate of drug-likeness (QED) is 0.135. The summed E-state index contributed by atoms with van der Waals surface area (Å²) in [6.45, 7) is 10.3. The topological polar surface area (TPSA) is 74.8 Å². The molecule has 0 aliphatic heterocycles. The Kier molecular flexibility index (Phi) is 9.85. The molecule has 8 aromatic carbocycles. The van der Waals surface area contributed by atoms with Crippen LogP contribution in [0.5, 0.6) is 0 Å². The molecule has 0 amide bonds. The zero-order valence-corrected chi connectivity index (χ0v) is 39.4. The molecule has 13 aromatic rings. The number of allylic oxidation sites excluding steroid dienone is 3. The van der Waals surface area contributed by atoms with Crippen molar-refractivity contribution < 1.29 is 8.83 Å². The Morgan fingerprint density at radius 3 is 1.96 bits per heavy atom. The highest BCUT2D eigenvalue weighted by Gasteiger charge is 2.25. The molecule has 0 atom stereocenters. The van der Waals surface area contributed by atoms with Crippen molar-refractivity contribution in [3.8, 4) is 56.7 Å². The molecule has 5 heterocycles. The van der Waals surface area contributed by atoms with Gasteiger partial charge >= 0.3 is 0 Å². The average molecular weight is 916 g/mol. The van der Waals surface area contributed by atoms with E-state index in [9.17, 15) is 0 Å². The van der Waals surface area contributed by atoms with Gasteiger partial charge in [-0.25, -0.2) is 4.98 Å². The lowest BCUT2D eigenvalue weighted by Gasteiger charge is -2.14. The molecule has 7 heteroatoms. The van der Waals surface area contributed by atoms with E-state index in [0.717, 1.165) is 122 Å². The number of hydrogen-bond donors (Lipinski definition) is 0. The fourth-order valence-corrected chi connectivity index (χ4v) is 10.5. The van der Waals surface area contributed by atoms with Gasteiger partial charge in [0, 0.05) is 49.1 Å². The molecule has 0 saturated carbocycles. The summed E-state index contributed by atoms with van der Waals surface area (Å²) in [6.07, 6.45) is 10.1. The number of furan rings is 2. The number of fused-ring (bicyclic) bond motifs is 8. The molecule has 0 bridgehead atoms. The Labute approximate surface area is 409 Å². The first-order chi connectivity index (χ1) is 34.9. The van der Waals surface area contributed by atoms with Crippen LogP contribution in [0.1, 0.15) is 29.5 Å². The minimum Gasteiger partial charge on any atom is -0.460 e. The van der Waals surface area contributed by atoms with Crippen molar-refractivity contribution in [2.24, 2.45) is 0 Å². The highest BCUT2D eigenvalue weighted by molar-refractivity contribution is 6.15. The monoisotopic (exact) mass is 915 g/mol. The fraction of sp³-hybridized carbons (Fsp3) is 0.0469. The standard InChI is InChI=1S/C64H45N5O2/c1-5-7-31-54-39(3)51-37-52-47-27-14-16-32-55(47)69(64-66-62(42-23-12-9-13-24-42)65-63(67-64)50-30-19-29-49-46(20-6-2)40(4)70-60(49)50)57(52)38-56(51)68(54)58-36-45(35-53-48-28-15-17-33-59(48)71-61(53)58)44-26-18-25-43(34-44)41-21-10-8-11-22-41/h5-38H,1H2,2-4H3/b20-6-,31-7-. The maximum atomic E-state index is 6.92. The summed E-state index contributed by atoms with van der Waals surface area (Å²) in [4.78, 5) is 15.9. The molecule has 338 valence electrons. The normalized spacial score (nSPS) is 12.1. The predicted molar refractivity (Wildman–Crippen MR) is 293 cm³/mol. The van der Waals surface area contributed by atoms with Crippen molar-refractivity contribution in [1.29, 1.82) is 0 Å². The maximum Gasteiger partial charge on any atom is 0.238 e. The predicted octanol–water partition coefficient (Wildman–Crippen LogP) is 17.1. The molecule has 0 unspecified atom stereocenters. The third-order valence-corrected chi connectivity index (χ3v) is 13.8. The van der Waals surface area contributed by atoms with Crippen LogP contribution < -0.4 is 0 Å². The average Bonchev–Trinajstić information content (AvgIpc) is 4.14. The van der Waals surface area contributed by atoms with Crippen LogP contribution >= 0.6 is 0 Å². The summed E-state index contributed by atoms with van der Waals surface area (Å²) in [5, 5.41) is 6.38. The van der Waals surface area contributed by atoms with E-state index in [1.54, 1.807) is 0 Å². The van der Waals surface area contributed by atoms with Crippen LogP contribution in [0, 0.1) is 13.8 Å². The van der Waals surface area contributed by atoms with Crippen LogP contribution in [-0.2, 0) is 0 Å². The van der Waals surface area contributed by atoms with Crippen LogP contribution in [0.15, 0.2) is 210 Å². The van der Waals surface area contributed by atoms with Crippen LogP contribution in [-0.4, -0.2) is 24.1 Å². The van der Waals surface area contributed by atoms with Gasteiger partial charge < -0.3 is 13.4 Å². The van der Waals surface area contributed by atoms with E-state index >= 15 is 0 Å². The fourth-order valence-electron chi connectivity index (χ4n) is 10.5. The molecule has 0 spiro atoms. The molecule has 13 rings (SSSR count). The van der Waals surface area contributed by atoms with E-state index in [4.69, 9.17) is 23.8 Å². The molecule has 71 heavy (non-hydrogen) atoms. The molecular formula is C64H45N5O2. The first-order valence-corrected chi connectivity index (χ1v) is 23.9. The smallest absolute Gasteiger partial charge is 0.238 e. The number of hydrogen-bond acceptors (Lipinski definition) is 5. The second-order valence-electron chi connectivity index (χ2n) is 18.0. The van der Waals surface area contributed by atoms with Gasteiger partial charge in [-0.05, 0) is 103 Å². The summed E-state index contributed by atoms with van der Waals surface area (Å²) in [7, 11) is 0. The zero-order chi connectivity index (χ0) is 47.7. The Morgan fingerprint density at radius 1 is 0.479 bits per heavy atom. The Morgan fingerprint density at radius 2 is 1.15 bits per heavy atom. The maximum absolute atomic E-state index is 6.92. The van der Waals surface area contributed by atoms with Crippen LogP contribution in [0.3, 0.4) is 0 Å². The second-order valence-corrected chi connectivity index (χ2v) is 18.0. The molecule has 5 aromatic heterocycles. The first kappa shape index (κ1) is 41.8. The van der Waals surface area contributed by atoms with Crippen molar-refractivity contribution in [3.05, 3.63) is 223 Å². The second kappa shape index (κ2) is 16.7. The first-order valence-electron chi connectivity index (χ1n) is 23.9. The van der Waals surface area contributed by atoms with E-state index in [-0.39, 0.29) is 0 Å². The Hall–Kier alpha value is -9.33. The highest BCUT2D eigenvalue weighted by Crippen LogP contribution is 2.44. The number of aromatic nitrogens is 5. The largest absolute Gasteiger partial charge is 0.460 e. The van der Waals surface area contributed by atoms with Gasteiger partial charge in [-0.1, -0.05) is 158 Å². The van der Waals surface area contributed by atoms with Gasteiger partial charge in [-0.15, -0.1) is 0 Å². The molecule has 0 aliphatic carbocycles. The summed E-state index contributed by atoms with van der Waals surface area (Å²) >= 11 is 0. The number of benzene rings is 8. The van der Waals surface area contributed by atoms with E-state index in [1.807, 2.05) is 80.6 Å². The van der Waals surface area contributed by atoms with Gasteiger partial charge in [0.2, 0.25) is 5.95 Å². The molecular weight excluding hydrogens is 871 g/mol. The number of rotatable bonds is 9. The SMILES string of the molecule is C=C/C=C\c1c(C)c2cc3c4ccccc4n(-c4nc(-c5ccccc5)nc(-c5cccc6c(/C=C\C)c(C)oc56)n4)c3cc2n1-c1cc(-c2cccc(-c3ccccc3)c2)cc2c1oc1ccccc12. The molecule has 0 radical (unpaired) electrons. The third-order valence-electron chi connectivity index (χ3n) is 13.8. The van der Waals surface area contributed by atoms with Crippen LogP contribution in [0.2, 0.25) is 0 Å². The summed E-state index contributed by atoms with van der Waals surface area (Å²) in [5.74, 6) is 2.41. The van der Waals surface area contributed by atoms with Crippen LogP contribution in [0.25, 0.3) is 134 Å². The number of para-hydroxylation sites is 3. The van der Waals surface area contributed by atoms with Gasteiger partial charge in [0.15, 0.2) is 17.2 Å². The zero-order valence-electron chi connectivity index (χ0n) is 39.4. The Balaban J connectivity index is 1.11. The number of aryl methyl sites for hydroxylation is 2. The van der Waals surface area contributed by atoms with E-state index < -0.39 is 0 Å². The molecule has 0 fully saturated rings. The third kappa shape index (κ3) is 6.77. The van der Waals surface area contributed by atoms with Crippen LogP contribution in [0.4, 0.5) is 0 Å². The van der Waals surface area contributed by atoms with Crippen molar-refractivity contribution in [3.63, 3.8) is 0 Å². The van der Waals surface area contributed by atoms with E-state index in [1.165, 1.54) is 5.56 Å². The van der Waals surface area contributed by atoms with Crippen molar-refractivity contribution in [2.75, 3.05) is 0 Å². The van der Waals surface area contributed by atoms with Gasteiger partial charge in [0.25, 0.3) is 0 Å². The Bertz CT molecular complexity index is 4330. The van der Waals surface area contributed by atoms with Gasteiger partial charge in [0.05, 0.1) is 27.8 Å². The number of nitrogens with zero attached hydrogens (tertiary/aromatic N) is 5. The molecule has 7 nitrogen and oxygen atoms in total. The molecule has 0 N–H and O–H groups in total. The summed E-state index contributed by atoms with van der Waals surface area (Å²) < 4.78 is 18.0. The molecule has 0 saturated heterocycles. The van der Waals surface area contributed by atoms with E-state index in [0.29, 0.717) is 17.6 Å². The van der Waals surface area contributed by atoms with Gasteiger partial charge in [0.1, 0.15) is 16.9 Å². The van der Waals surface area contributed by atoms with Crippen molar-refractivity contribution in [1.82, 2.24) is 24.1 Å².